The standard InChI is InChI=1S/C29H30N4O4/c1-32-13-15-33(16-14-32)25-12-11-23(28(30)35)27-24(25)17-22(18-37-27)31-29(36)21-9-7-20(8-10-21)26(34)19-5-3-2-4-6-19/h2-12,22H,13-18H2,1H3,(H2,30,35)(H,31,36)/t22-/m0/s1. The van der Waals surface area contributed by atoms with E-state index in [4.69, 9.17) is 10.5 Å². The summed E-state index contributed by atoms with van der Waals surface area (Å²) in [7, 11) is 2.10. The molecule has 0 unspecified atom stereocenters. The van der Waals surface area contributed by atoms with E-state index in [2.05, 4.69) is 22.2 Å². The van der Waals surface area contributed by atoms with Crippen molar-refractivity contribution in [3.05, 3.63) is 94.5 Å². The number of likely N-dealkylation sites (N-methyl/N-ethyl adjacent to an activating group) is 1. The normalized spacial score (nSPS) is 17.4. The van der Waals surface area contributed by atoms with Gasteiger partial charge in [-0.05, 0) is 31.3 Å². The van der Waals surface area contributed by atoms with Gasteiger partial charge in [-0.25, -0.2) is 0 Å². The molecule has 5 rings (SSSR count). The molecule has 190 valence electrons. The molecule has 2 aliphatic heterocycles. The van der Waals surface area contributed by atoms with E-state index in [9.17, 15) is 14.4 Å². The first-order valence-corrected chi connectivity index (χ1v) is 12.4. The Kier molecular flexibility index (Phi) is 6.92. The molecule has 3 aromatic carbocycles. The number of carbonyl (C=O) groups excluding carboxylic acids is 3. The molecule has 2 aliphatic rings. The van der Waals surface area contributed by atoms with Crippen molar-refractivity contribution in [3.63, 3.8) is 0 Å². The lowest BCUT2D eigenvalue weighted by Gasteiger charge is -2.37. The first kappa shape index (κ1) is 24.5. The van der Waals surface area contributed by atoms with Crippen molar-refractivity contribution >= 4 is 23.3 Å². The lowest BCUT2D eigenvalue weighted by molar-refractivity contribution is 0.0909. The van der Waals surface area contributed by atoms with Gasteiger partial charge < -0.3 is 25.6 Å². The van der Waals surface area contributed by atoms with Gasteiger partial charge in [0.05, 0.1) is 11.6 Å². The average molecular weight is 499 g/mol. The third-order valence-corrected chi connectivity index (χ3v) is 7.01. The Labute approximate surface area is 216 Å². The number of nitrogens with one attached hydrogen (secondary N) is 1. The van der Waals surface area contributed by atoms with E-state index < -0.39 is 5.91 Å². The molecule has 3 N–H and O–H groups in total. The van der Waals surface area contributed by atoms with Gasteiger partial charge in [0.2, 0.25) is 0 Å². The summed E-state index contributed by atoms with van der Waals surface area (Å²) in [5.74, 6) is -0.360. The highest BCUT2D eigenvalue weighted by Gasteiger charge is 2.30. The highest BCUT2D eigenvalue weighted by Crippen LogP contribution is 2.37. The lowest BCUT2D eigenvalue weighted by Crippen LogP contribution is -2.46. The van der Waals surface area contributed by atoms with Crippen molar-refractivity contribution in [2.24, 2.45) is 5.73 Å². The largest absolute Gasteiger partial charge is 0.490 e. The minimum absolute atomic E-state index is 0.0912. The van der Waals surface area contributed by atoms with Crippen molar-refractivity contribution in [1.29, 1.82) is 0 Å². The van der Waals surface area contributed by atoms with E-state index in [1.165, 1.54) is 0 Å². The predicted molar refractivity (Wildman–Crippen MR) is 141 cm³/mol. The fourth-order valence-corrected chi connectivity index (χ4v) is 4.90. The van der Waals surface area contributed by atoms with Crippen LogP contribution in [0.1, 0.15) is 42.2 Å². The Hall–Kier alpha value is -4.17. The number of primary amides is 1. The highest BCUT2D eigenvalue weighted by atomic mass is 16.5. The van der Waals surface area contributed by atoms with Crippen LogP contribution in [0, 0.1) is 0 Å². The highest BCUT2D eigenvalue weighted by molar-refractivity contribution is 6.09. The molecule has 2 amide bonds. The Morgan fingerprint density at radius 1 is 0.865 bits per heavy atom. The van der Waals surface area contributed by atoms with Gasteiger partial charge in [-0.15, -0.1) is 0 Å². The van der Waals surface area contributed by atoms with Crippen LogP contribution in [0.2, 0.25) is 0 Å². The average Bonchev–Trinajstić information content (AvgIpc) is 2.93. The molecule has 0 bridgehead atoms. The molecule has 1 saturated heterocycles. The predicted octanol–water partition coefficient (Wildman–Crippen LogP) is 2.50. The summed E-state index contributed by atoms with van der Waals surface area (Å²) in [5.41, 5.74) is 9.45. The lowest BCUT2D eigenvalue weighted by atomic mass is 9.95. The minimum Gasteiger partial charge on any atom is -0.490 e. The first-order valence-electron chi connectivity index (χ1n) is 12.4. The number of benzene rings is 3. The number of fused-ring (bicyclic) bond motifs is 1. The van der Waals surface area contributed by atoms with Crippen LogP contribution in [0.25, 0.3) is 0 Å². The SMILES string of the molecule is CN1CCN(c2ccc(C(N)=O)c3c2C[C@H](NC(=O)c2ccc(C(=O)c4ccccc4)cc2)CO3)CC1. The van der Waals surface area contributed by atoms with Gasteiger partial charge >= 0.3 is 0 Å². The molecule has 0 aromatic heterocycles. The van der Waals surface area contributed by atoms with Crippen molar-refractivity contribution in [2.75, 3.05) is 44.7 Å². The molecule has 2 heterocycles. The molecule has 0 aliphatic carbocycles. The van der Waals surface area contributed by atoms with Crippen molar-refractivity contribution in [1.82, 2.24) is 10.2 Å². The third kappa shape index (κ3) is 5.20. The summed E-state index contributed by atoms with van der Waals surface area (Å²) in [6.45, 7) is 3.84. The fourth-order valence-electron chi connectivity index (χ4n) is 4.90. The number of ketones is 1. The molecule has 0 saturated carbocycles. The van der Waals surface area contributed by atoms with Crippen LogP contribution in [0.5, 0.6) is 5.75 Å². The van der Waals surface area contributed by atoms with Crippen molar-refractivity contribution in [3.8, 4) is 5.75 Å². The number of carbonyl (C=O) groups is 3. The number of rotatable bonds is 6. The van der Waals surface area contributed by atoms with Gasteiger partial charge in [0.15, 0.2) is 5.78 Å². The number of amides is 2. The van der Waals surface area contributed by atoms with Crippen LogP contribution < -0.4 is 20.7 Å². The van der Waals surface area contributed by atoms with Gasteiger partial charge in [-0.1, -0.05) is 42.5 Å². The number of piperazine rings is 1. The van der Waals surface area contributed by atoms with Gasteiger partial charge in [0.1, 0.15) is 12.4 Å². The van der Waals surface area contributed by atoms with Crippen LogP contribution in [0.15, 0.2) is 66.7 Å². The number of nitrogens with two attached hydrogens (primary N) is 1. The molecule has 3 aromatic rings. The smallest absolute Gasteiger partial charge is 0.252 e. The second-order valence-corrected chi connectivity index (χ2v) is 9.55. The topological polar surface area (TPSA) is 105 Å². The van der Waals surface area contributed by atoms with Crippen LogP contribution >= 0.6 is 0 Å². The van der Waals surface area contributed by atoms with Crippen LogP contribution in [0.3, 0.4) is 0 Å². The van der Waals surface area contributed by atoms with Gasteiger partial charge in [-0.3, -0.25) is 14.4 Å². The van der Waals surface area contributed by atoms with E-state index in [1.54, 1.807) is 42.5 Å². The van der Waals surface area contributed by atoms with Crippen LogP contribution in [-0.2, 0) is 6.42 Å². The summed E-state index contributed by atoms with van der Waals surface area (Å²) < 4.78 is 6.02. The van der Waals surface area contributed by atoms with Crippen LogP contribution in [-0.4, -0.2) is 68.4 Å². The number of hydrogen-bond donors (Lipinski definition) is 2. The van der Waals surface area contributed by atoms with Gasteiger partial charge in [0.25, 0.3) is 11.8 Å². The summed E-state index contributed by atoms with van der Waals surface area (Å²) in [5, 5.41) is 3.05. The Balaban J connectivity index is 1.32. The van der Waals surface area contributed by atoms with Crippen molar-refractivity contribution in [2.45, 2.75) is 12.5 Å². The van der Waals surface area contributed by atoms with Gasteiger partial charge in [0, 0.05) is 60.5 Å². The monoisotopic (exact) mass is 498 g/mol. The quantitative estimate of drug-likeness (QED) is 0.506. The Morgan fingerprint density at radius 3 is 2.19 bits per heavy atom. The summed E-state index contributed by atoms with van der Waals surface area (Å²) in [4.78, 5) is 42.3. The molecule has 0 radical (unpaired) electrons. The van der Waals surface area contributed by atoms with E-state index in [1.807, 2.05) is 24.3 Å². The zero-order valence-electron chi connectivity index (χ0n) is 20.8. The second-order valence-electron chi connectivity index (χ2n) is 9.55. The maximum atomic E-state index is 13.0. The number of hydrogen-bond acceptors (Lipinski definition) is 6. The second kappa shape index (κ2) is 10.4. The van der Waals surface area contributed by atoms with E-state index in [-0.39, 0.29) is 24.3 Å². The summed E-state index contributed by atoms with van der Waals surface area (Å²) >= 11 is 0. The maximum Gasteiger partial charge on any atom is 0.252 e. The molecular formula is C29H30N4O4. The molecule has 0 spiro atoms. The fraction of sp³-hybridized carbons (Fsp3) is 0.276. The summed E-state index contributed by atoms with van der Waals surface area (Å²) in [6.07, 6.45) is 0.522. The molecular weight excluding hydrogens is 468 g/mol. The minimum atomic E-state index is -0.534. The van der Waals surface area contributed by atoms with E-state index in [0.29, 0.717) is 34.4 Å². The Bertz CT molecular complexity index is 1320. The molecule has 8 nitrogen and oxygen atoms in total. The number of ether oxygens (including phenoxy) is 1. The molecule has 1 atom stereocenters. The van der Waals surface area contributed by atoms with Crippen molar-refractivity contribution < 1.29 is 19.1 Å². The summed E-state index contributed by atoms with van der Waals surface area (Å²) in [6, 6.07) is 19.1. The number of nitrogens with zero attached hydrogens (tertiary/aromatic N) is 2. The maximum absolute atomic E-state index is 13.0. The van der Waals surface area contributed by atoms with Crippen LogP contribution in [0.4, 0.5) is 5.69 Å². The van der Waals surface area contributed by atoms with Gasteiger partial charge in [-0.2, -0.15) is 0 Å². The third-order valence-electron chi connectivity index (χ3n) is 7.01. The molecule has 37 heavy (non-hydrogen) atoms. The molecule has 8 heteroatoms. The van der Waals surface area contributed by atoms with E-state index >= 15 is 0 Å². The zero-order valence-corrected chi connectivity index (χ0v) is 20.8. The van der Waals surface area contributed by atoms with E-state index in [0.717, 1.165) is 37.4 Å². The zero-order chi connectivity index (χ0) is 25.9. The molecule has 1 fully saturated rings. The number of anilines is 1. The first-order chi connectivity index (χ1) is 17.9. The Morgan fingerprint density at radius 2 is 1.51 bits per heavy atom.